The lowest BCUT2D eigenvalue weighted by atomic mass is 9.99. The van der Waals surface area contributed by atoms with Gasteiger partial charge >= 0.3 is 0 Å². The Kier molecular flexibility index (Phi) is 3.95. The minimum Gasteiger partial charge on any atom is -0.379 e. The molecule has 0 spiro atoms. The van der Waals surface area contributed by atoms with E-state index in [0.29, 0.717) is 11.6 Å². The van der Waals surface area contributed by atoms with E-state index in [9.17, 15) is 4.79 Å². The molecule has 3 atom stereocenters. The monoisotopic (exact) mass is 308 g/mol. The maximum Gasteiger partial charge on any atom is 0.244 e. The summed E-state index contributed by atoms with van der Waals surface area (Å²) < 4.78 is 5.48. The maximum absolute atomic E-state index is 12.9. The third kappa shape index (κ3) is 2.56. The Morgan fingerprint density at radius 2 is 2.33 bits per heavy atom. The van der Waals surface area contributed by atoms with Crippen LogP contribution in [0.3, 0.4) is 0 Å². The summed E-state index contributed by atoms with van der Waals surface area (Å²) in [5.74, 6) is 0.158. The number of carbonyl (C=O) groups is 1. The van der Waals surface area contributed by atoms with Crippen LogP contribution < -0.4 is 5.32 Å². The van der Waals surface area contributed by atoms with Gasteiger partial charge in [-0.15, -0.1) is 0 Å². The predicted octanol–water partition coefficient (Wildman–Crippen LogP) is 2.73. The number of carbonyl (C=O) groups excluding carboxylic acids is 1. The fourth-order valence-corrected chi connectivity index (χ4v) is 3.33. The highest BCUT2D eigenvalue weighted by Crippen LogP contribution is 2.36. The van der Waals surface area contributed by atoms with Crippen LogP contribution in [-0.2, 0) is 9.53 Å². The van der Waals surface area contributed by atoms with Gasteiger partial charge < -0.3 is 9.64 Å². The van der Waals surface area contributed by atoms with Crippen LogP contribution in [0.1, 0.15) is 38.4 Å². The molecule has 2 aliphatic rings. The summed E-state index contributed by atoms with van der Waals surface area (Å²) in [7, 11) is 0. The van der Waals surface area contributed by atoms with Gasteiger partial charge in [-0.2, -0.15) is 0 Å². The number of hydrogen-bond acceptors (Lipinski definition) is 3. The summed E-state index contributed by atoms with van der Waals surface area (Å²) in [5, 5.41) is 4.19. The average Bonchev–Trinajstić information content (AvgIpc) is 3.07. The van der Waals surface area contributed by atoms with Crippen molar-refractivity contribution in [2.24, 2.45) is 0 Å². The molecule has 3 unspecified atom stereocenters. The lowest BCUT2D eigenvalue weighted by Crippen LogP contribution is -2.45. The van der Waals surface area contributed by atoms with Gasteiger partial charge in [0.1, 0.15) is 6.17 Å². The zero-order chi connectivity index (χ0) is 15.0. The Bertz CT molecular complexity index is 545. The number of ether oxygens (including phenoxy) is 1. The fourth-order valence-electron chi connectivity index (χ4n) is 3.13. The Balaban J connectivity index is 1.97. The second kappa shape index (κ2) is 5.59. The van der Waals surface area contributed by atoms with E-state index in [0.717, 1.165) is 25.0 Å². The number of halogens is 1. The van der Waals surface area contributed by atoms with Gasteiger partial charge in [0.25, 0.3) is 0 Å². The van der Waals surface area contributed by atoms with Gasteiger partial charge in [-0.05, 0) is 37.5 Å². The van der Waals surface area contributed by atoms with E-state index in [1.807, 2.05) is 43.0 Å². The van der Waals surface area contributed by atoms with Crippen molar-refractivity contribution in [1.29, 1.82) is 0 Å². The fraction of sp³-hybridized carbons (Fsp3) is 0.562. The summed E-state index contributed by atoms with van der Waals surface area (Å²) in [5.41, 5.74) is 0.509. The van der Waals surface area contributed by atoms with Gasteiger partial charge in [0.2, 0.25) is 5.91 Å². The average molecular weight is 309 g/mol. The molecule has 0 radical (unpaired) electrons. The van der Waals surface area contributed by atoms with Crippen LogP contribution >= 0.6 is 11.6 Å². The van der Waals surface area contributed by atoms with Gasteiger partial charge in [0.05, 0.1) is 18.2 Å². The zero-order valence-corrected chi connectivity index (χ0v) is 13.2. The molecule has 2 aliphatic heterocycles. The minimum atomic E-state index is -0.518. The summed E-state index contributed by atoms with van der Waals surface area (Å²) in [4.78, 5) is 14.8. The van der Waals surface area contributed by atoms with Gasteiger partial charge in [-0.1, -0.05) is 30.7 Å². The molecule has 0 aliphatic carbocycles. The molecule has 114 valence electrons. The van der Waals surface area contributed by atoms with Crippen molar-refractivity contribution in [2.45, 2.75) is 44.4 Å². The van der Waals surface area contributed by atoms with Crippen molar-refractivity contribution in [1.82, 2.24) is 10.2 Å². The molecule has 3 rings (SSSR count). The van der Waals surface area contributed by atoms with Crippen molar-refractivity contribution < 1.29 is 9.53 Å². The molecule has 2 fully saturated rings. The number of rotatable bonds is 3. The molecule has 21 heavy (non-hydrogen) atoms. The summed E-state index contributed by atoms with van der Waals surface area (Å²) in [6.07, 6.45) is 1.52. The first-order valence-corrected chi connectivity index (χ1v) is 7.86. The number of nitrogens with zero attached hydrogens (tertiary/aromatic N) is 1. The third-order valence-corrected chi connectivity index (χ3v) is 4.85. The van der Waals surface area contributed by atoms with Crippen LogP contribution in [-0.4, -0.2) is 35.6 Å². The van der Waals surface area contributed by atoms with Gasteiger partial charge in [0, 0.05) is 11.6 Å². The Morgan fingerprint density at radius 1 is 1.52 bits per heavy atom. The highest BCUT2D eigenvalue weighted by Gasteiger charge is 2.50. The van der Waals surface area contributed by atoms with E-state index in [4.69, 9.17) is 16.3 Å². The second-order valence-corrected chi connectivity index (χ2v) is 6.45. The minimum absolute atomic E-state index is 0.132. The van der Waals surface area contributed by atoms with Crippen LogP contribution in [0.2, 0.25) is 5.02 Å². The van der Waals surface area contributed by atoms with Gasteiger partial charge in [0.15, 0.2) is 0 Å². The van der Waals surface area contributed by atoms with Crippen molar-refractivity contribution in [3.63, 3.8) is 0 Å². The molecule has 2 heterocycles. The number of benzene rings is 1. The van der Waals surface area contributed by atoms with Gasteiger partial charge in [-0.3, -0.25) is 10.1 Å². The van der Waals surface area contributed by atoms with Crippen LogP contribution in [0.5, 0.6) is 0 Å². The van der Waals surface area contributed by atoms with E-state index in [1.165, 1.54) is 0 Å². The first-order valence-electron chi connectivity index (χ1n) is 7.49. The molecule has 1 aromatic rings. The maximum atomic E-state index is 12.9. The summed E-state index contributed by atoms with van der Waals surface area (Å²) in [6.45, 7) is 5.35. The van der Waals surface area contributed by atoms with Crippen molar-refractivity contribution in [2.75, 3.05) is 13.2 Å². The van der Waals surface area contributed by atoms with E-state index in [2.05, 4.69) is 5.32 Å². The highest BCUT2D eigenvalue weighted by molar-refractivity contribution is 6.30. The quantitative estimate of drug-likeness (QED) is 0.933. The summed E-state index contributed by atoms with van der Waals surface area (Å²) in [6, 6.07) is 7.86. The Hall–Kier alpha value is -1.10. The van der Waals surface area contributed by atoms with Crippen molar-refractivity contribution in [3.8, 4) is 0 Å². The van der Waals surface area contributed by atoms with E-state index in [1.54, 1.807) is 0 Å². The number of nitrogens with one attached hydrogen (secondary N) is 1. The summed E-state index contributed by atoms with van der Waals surface area (Å²) >= 11 is 6.12. The van der Waals surface area contributed by atoms with E-state index < -0.39 is 5.54 Å². The molecule has 1 aromatic carbocycles. The van der Waals surface area contributed by atoms with E-state index in [-0.39, 0.29) is 18.1 Å². The first-order chi connectivity index (χ1) is 10.0. The lowest BCUT2D eigenvalue weighted by Gasteiger charge is -2.29. The molecular weight excluding hydrogens is 288 g/mol. The van der Waals surface area contributed by atoms with E-state index >= 15 is 0 Å². The van der Waals surface area contributed by atoms with Crippen LogP contribution in [0.4, 0.5) is 0 Å². The number of amides is 1. The highest BCUT2D eigenvalue weighted by atomic mass is 35.5. The van der Waals surface area contributed by atoms with Crippen molar-refractivity contribution >= 4 is 17.5 Å². The molecule has 0 bridgehead atoms. The SMILES string of the molecule is CCC1(C)NC(c2cccc(Cl)c2)N(C2CCOC2)C1=O. The van der Waals surface area contributed by atoms with Crippen LogP contribution in [0, 0.1) is 0 Å². The molecular formula is C16H21ClN2O2. The Labute approximate surface area is 130 Å². The molecule has 5 heteroatoms. The first kappa shape index (κ1) is 14.8. The Morgan fingerprint density at radius 3 is 2.95 bits per heavy atom. The predicted molar refractivity (Wildman–Crippen MR) is 82.1 cm³/mol. The molecule has 0 saturated carbocycles. The normalized spacial score (nSPS) is 32.9. The lowest BCUT2D eigenvalue weighted by molar-refractivity contribution is -0.135. The molecule has 2 saturated heterocycles. The van der Waals surface area contributed by atoms with Crippen molar-refractivity contribution in [3.05, 3.63) is 34.9 Å². The number of hydrogen-bond donors (Lipinski definition) is 1. The van der Waals surface area contributed by atoms with Crippen LogP contribution in [0.15, 0.2) is 24.3 Å². The van der Waals surface area contributed by atoms with Crippen LogP contribution in [0.25, 0.3) is 0 Å². The zero-order valence-electron chi connectivity index (χ0n) is 12.4. The molecule has 1 amide bonds. The topological polar surface area (TPSA) is 41.6 Å². The smallest absolute Gasteiger partial charge is 0.244 e. The third-order valence-electron chi connectivity index (χ3n) is 4.61. The molecule has 4 nitrogen and oxygen atoms in total. The molecule has 1 N–H and O–H groups in total. The molecule has 0 aromatic heterocycles. The second-order valence-electron chi connectivity index (χ2n) is 6.02. The van der Waals surface area contributed by atoms with Gasteiger partial charge in [-0.25, -0.2) is 0 Å². The largest absolute Gasteiger partial charge is 0.379 e. The standard InChI is InChI=1S/C16H21ClN2O2/c1-3-16(2)15(20)19(13-7-8-21-10-13)14(18-16)11-5-4-6-12(17)9-11/h4-6,9,13-14,18H,3,7-8,10H2,1-2H3.